The van der Waals surface area contributed by atoms with E-state index >= 15 is 0 Å². The van der Waals surface area contributed by atoms with Crippen LogP contribution in [0.5, 0.6) is 5.75 Å². The minimum absolute atomic E-state index is 0.122. The van der Waals surface area contributed by atoms with Crippen LogP contribution >= 0.6 is 11.8 Å². The molecule has 2 aliphatic heterocycles. The van der Waals surface area contributed by atoms with E-state index in [9.17, 15) is 5.11 Å². The van der Waals surface area contributed by atoms with Gasteiger partial charge in [0.25, 0.3) is 0 Å². The number of aromatic hydroxyl groups is 1. The van der Waals surface area contributed by atoms with Crippen LogP contribution in [0.4, 0.5) is 5.69 Å². The van der Waals surface area contributed by atoms with E-state index in [1.165, 1.54) is 5.57 Å². The number of rotatable bonds is 0. The predicted octanol–water partition coefficient (Wildman–Crippen LogP) is 3.34. The Kier molecular flexibility index (Phi) is 1.61. The first-order valence-corrected chi connectivity index (χ1v) is 5.71. The highest BCUT2D eigenvalue weighted by molar-refractivity contribution is 8.16. The molecule has 0 saturated heterocycles. The van der Waals surface area contributed by atoms with Gasteiger partial charge in [-0.1, -0.05) is 17.8 Å². The van der Waals surface area contributed by atoms with Crippen LogP contribution in [0.25, 0.3) is 5.57 Å². The van der Waals surface area contributed by atoms with Crippen molar-refractivity contribution in [3.8, 4) is 5.75 Å². The fourth-order valence-electron chi connectivity index (χ4n) is 1.97. The largest absolute Gasteiger partial charge is 0.508 e. The fraction of sp³-hybridized carbons (Fsp3) is 0.250. The molecule has 2 heterocycles. The molecule has 0 saturated carbocycles. The lowest BCUT2D eigenvalue weighted by Crippen LogP contribution is -2.06. The molecule has 15 heavy (non-hydrogen) atoms. The second-order valence-electron chi connectivity index (χ2n) is 4.38. The molecule has 0 aliphatic carbocycles. The van der Waals surface area contributed by atoms with E-state index in [1.54, 1.807) is 23.9 Å². The molecular formula is C12H11NOS. The molecule has 3 heteroatoms. The van der Waals surface area contributed by atoms with Crippen molar-refractivity contribution < 1.29 is 5.11 Å². The molecule has 0 spiro atoms. The van der Waals surface area contributed by atoms with Crippen molar-refractivity contribution in [3.63, 3.8) is 0 Å². The number of phenolic OH excluding ortho intramolecular Hbond substituents is 1. The highest BCUT2D eigenvalue weighted by Crippen LogP contribution is 2.49. The molecule has 2 aliphatic rings. The first kappa shape index (κ1) is 9.04. The maximum absolute atomic E-state index is 9.46. The zero-order valence-electron chi connectivity index (χ0n) is 8.61. The van der Waals surface area contributed by atoms with Crippen LogP contribution in [-0.4, -0.2) is 14.9 Å². The van der Waals surface area contributed by atoms with E-state index in [4.69, 9.17) is 0 Å². The van der Waals surface area contributed by atoms with Gasteiger partial charge in [0.05, 0.1) is 5.69 Å². The van der Waals surface area contributed by atoms with Gasteiger partial charge in [0.1, 0.15) is 10.8 Å². The monoisotopic (exact) mass is 217 g/mol. The number of benzene rings is 1. The van der Waals surface area contributed by atoms with Crippen molar-refractivity contribution in [3.05, 3.63) is 29.8 Å². The average Bonchev–Trinajstić information content (AvgIpc) is 2.58. The van der Waals surface area contributed by atoms with Gasteiger partial charge in [-0.3, -0.25) is 0 Å². The van der Waals surface area contributed by atoms with Gasteiger partial charge in [-0.25, -0.2) is 4.99 Å². The van der Waals surface area contributed by atoms with E-state index < -0.39 is 0 Å². The van der Waals surface area contributed by atoms with E-state index in [1.807, 2.05) is 6.07 Å². The smallest absolute Gasteiger partial charge is 0.116 e. The summed E-state index contributed by atoms with van der Waals surface area (Å²) in [6.07, 6.45) is 2.22. The van der Waals surface area contributed by atoms with Crippen LogP contribution < -0.4 is 0 Å². The number of hydrogen-bond donors (Lipinski definition) is 1. The number of aliphatic imine (C=N–C) groups is 1. The molecule has 1 N–H and O–H groups in total. The number of nitrogens with zero attached hydrogens (tertiary/aromatic N) is 1. The lowest BCUT2D eigenvalue weighted by molar-refractivity contribution is 0.475. The number of thioether (sulfide) groups is 1. The summed E-state index contributed by atoms with van der Waals surface area (Å²) in [5.74, 6) is 0.306. The van der Waals surface area contributed by atoms with E-state index in [2.05, 4.69) is 24.9 Å². The van der Waals surface area contributed by atoms with Gasteiger partial charge in [-0.15, -0.1) is 0 Å². The molecule has 0 unspecified atom stereocenters. The summed E-state index contributed by atoms with van der Waals surface area (Å²) in [5.41, 5.74) is 3.20. The van der Waals surface area contributed by atoms with Gasteiger partial charge in [0, 0.05) is 15.9 Å². The van der Waals surface area contributed by atoms with Crippen LogP contribution in [0.1, 0.15) is 19.4 Å². The molecule has 76 valence electrons. The number of fused-ring (bicyclic) bond motifs is 3. The Bertz CT molecular complexity index is 514. The van der Waals surface area contributed by atoms with Gasteiger partial charge < -0.3 is 5.11 Å². The third-order valence-corrected chi connectivity index (χ3v) is 3.72. The van der Waals surface area contributed by atoms with Gasteiger partial charge in [-0.05, 0) is 32.0 Å². The SMILES string of the molecule is CC1(C)C=C2C(=Nc3ccc(O)cc32)S1. The fourth-order valence-corrected chi connectivity index (χ4v) is 3.06. The molecule has 1 aromatic carbocycles. The third-order valence-electron chi connectivity index (χ3n) is 2.57. The Morgan fingerprint density at radius 2 is 2.13 bits per heavy atom. The Morgan fingerprint density at radius 1 is 1.33 bits per heavy atom. The highest BCUT2D eigenvalue weighted by atomic mass is 32.2. The van der Waals surface area contributed by atoms with Crippen LogP contribution in [0.15, 0.2) is 29.3 Å². The maximum atomic E-state index is 9.46. The zero-order valence-corrected chi connectivity index (χ0v) is 9.43. The molecule has 0 fully saturated rings. The van der Waals surface area contributed by atoms with E-state index in [0.717, 1.165) is 16.3 Å². The molecule has 3 rings (SSSR count). The summed E-state index contributed by atoms with van der Waals surface area (Å²) < 4.78 is 0.122. The minimum atomic E-state index is 0.122. The second kappa shape index (κ2) is 2.67. The molecular weight excluding hydrogens is 206 g/mol. The first-order chi connectivity index (χ1) is 7.05. The molecule has 0 aromatic heterocycles. The molecule has 0 bridgehead atoms. The molecule has 2 nitrogen and oxygen atoms in total. The molecule has 0 amide bonds. The number of hydrogen-bond acceptors (Lipinski definition) is 3. The van der Waals surface area contributed by atoms with Crippen LogP contribution in [0.3, 0.4) is 0 Å². The average molecular weight is 217 g/mol. The maximum Gasteiger partial charge on any atom is 0.116 e. The quantitative estimate of drug-likeness (QED) is 0.722. The van der Waals surface area contributed by atoms with E-state index in [-0.39, 0.29) is 4.75 Å². The lowest BCUT2D eigenvalue weighted by Gasteiger charge is -2.11. The zero-order chi connectivity index (χ0) is 10.6. The normalized spacial score (nSPS) is 20.7. The molecule has 0 radical (unpaired) electrons. The van der Waals surface area contributed by atoms with Crippen molar-refractivity contribution in [2.45, 2.75) is 18.6 Å². The third kappa shape index (κ3) is 1.30. The summed E-state index contributed by atoms with van der Waals surface area (Å²) in [5, 5.41) is 10.5. The topological polar surface area (TPSA) is 32.6 Å². The van der Waals surface area contributed by atoms with E-state index in [0.29, 0.717) is 5.75 Å². The second-order valence-corrected chi connectivity index (χ2v) is 6.02. The summed E-state index contributed by atoms with van der Waals surface area (Å²) in [7, 11) is 0. The van der Waals surface area contributed by atoms with Crippen molar-refractivity contribution in [2.75, 3.05) is 0 Å². The van der Waals surface area contributed by atoms with Crippen LogP contribution in [0.2, 0.25) is 0 Å². The van der Waals surface area contributed by atoms with Crippen molar-refractivity contribution >= 4 is 28.1 Å². The summed E-state index contributed by atoms with van der Waals surface area (Å²) >= 11 is 1.78. The van der Waals surface area contributed by atoms with Crippen LogP contribution in [0, 0.1) is 0 Å². The molecule has 1 aromatic rings. The standard InChI is InChI=1S/C12H11NOS/c1-12(2)6-9-8-5-7(14)3-4-10(8)13-11(9)15-12/h3-6,14H,1-2H3. The predicted molar refractivity (Wildman–Crippen MR) is 64.8 cm³/mol. The van der Waals surface area contributed by atoms with Crippen molar-refractivity contribution in [1.82, 2.24) is 0 Å². The Balaban J connectivity index is 2.20. The Morgan fingerprint density at radius 3 is 2.93 bits per heavy atom. The van der Waals surface area contributed by atoms with Gasteiger partial charge in [0.2, 0.25) is 0 Å². The highest BCUT2D eigenvalue weighted by Gasteiger charge is 2.34. The van der Waals surface area contributed by atoms with Crippen molar-refractivity contribution in [2.24, 2.45) is 4.99 Å². The summed E-state index contributed by atoms with van der Waals surface area (Å²) in [6, 6.07) is 5.34. The lowest BCUT2D eigenvalue weighted by atomic mass is 10.0. The summed E-state index contributed by atoms with van der Waals surface area (Å²) in [4.78, 5) is 4.55. The Hall–Kier alpha value is -1.22. The number of phenols is 1. The van der Waals surface area contributed by atoms with Gasteiger partial charge >= 0.3 is 0 Å². The molecule has 0 atom stereocenters. The van der Waals surface area contributed by atoms with Gasteiger partial charge in [-0.2, -0.15) is 0 Å². The van der Waals surface area contributed by atoms with Gasteiger partial charge in [0.15, 0.2) is 0 Å². The first-order valence-electron chi connectivity index (χ1n) is 4.89. The van der Waals surface area contributed by atoms with Crippen molar-refractivity contribution in [1.29, 1.82) is 0 Å². The summed E-state index contributed by atoms with van der Waals surface area (Å²) in [6.45, 7) is 4.35. The minimum Gasteiger partial charge on any atom is -0.508 e. The Labute approximate surface area is 92.7 Å². The van der Waals surface area contributed by atoms with Crippen LogP contribution in [-0.2, 0) is 0 Å².